The fourth-order valence-corrected chi connectivity index (χ4v) is 3.45. The number of hydrogen-bond donors (Lipinski definition) is 1. The largest absolute Gasteiger partial charge is 0.464 e. The Hall–Kier alpha value is -2.60. The molecular formula is C19H20N2O4. The van der Waals surface area contributed by atoms with E-state index in [1.165, 1.54) is 0 Å². The minimum atomic E-state index is -0.718. The van der Waals surface area contributed by atoms with E-state index >= 15 is 0 Å². The quantitative estimate of drug-likeness (QED) is 0.790. The van der Waals surface area contributed by atoms with E-state index in [-0.39, 0.29) is 5.91 Å². The molecule has 3 heterocycles. The molecule has 4 rings (SSSR count). The van der Waals surface area contributed by atoms with Crippen molar-refractivity contribution in [2.45, 2.75) is 31.7 Å². The van der Waals surface area contributed by atoms with Crippen LogP contribution in [0.15, 0.2) is 45.5 Å². The van der Waals surface area contributed by atoms with E-state index in [1.54, 1.807) is 6.26 Å². The zero-order chi connectivity index (χ0) is 17.3. The number of furan rings is 1. The van der Waals surface area contributed by atoms with Gasteiger partial charge in [0.2, 0.25) is 5.91 Å². The first-order chi connectivity index (χ1) is 12.2. The minimum absolute atomic E-state index is 0.0487. The van der Waals surface area contributed by atoms with Crippen molar-refractivity contribution in [3.63, 3.8) is 0 Å². The number of rotatable bonds is 4. The number of amides is 1. The highest BCUT2D eigenvalue weighted by Crippen LogP contribution is 2.35. The topological polar surface area (TPSA) is 77.5 Å². The van der Waals surface area contributed by atoms with Crippen LogP contribution in [0.3, 0.4) is 0 Å². The Balaban J connectivity index is 1.58. The number of ether oxygens (including phenoxy) is 1. The van der Waals surface area contributed by atoms with Gasteiger partial charge in [0.1, 0.15) is 11.0 Å². The summed E-state index contributed by atoms with van der Waals surface area (Å²) in [6.45, 7) is 3.36. The summed E-state index contributed by atoms with van der Waals surface area (Å²) in [5.74, 6) is 0.569. The van der Waals surface area contributed by atoms with Gasteiger partial charge in [0.15, 0.2) is 5.76 Å². The fourth-order valence-electron chi connectivity index (χ4n) is 3.45. The van der Waals surface area contributed by atoms with Crippen LogP contribution in [0, 0.1) is 6.92 Å². The van der Waals surface area contributed by atoms with Crippen LogP contribution in [-0.2, 0) is 21.5 Å². The molecule has 2 aromatic heterocycles. The molecule has 0 atom stereocenters. The summed E-state index contributed by atoms with van der Waals surface area (Å²) >= 11 is 0. The summed E-state index contributed by atoms with van der Waals surface area (Å²) in [6.07, 6.45) is 2.83. The van der Waals surface area contributed by atoms with E-state index in [4.69, 9.17) is 13.7 Å². The molecule has 1 aromatic carbocycles. The van der Waals surface area contributed by atoms with Crippen molar-refractivity contribution in [2.75, 3.05) is 13.2 Å². The number of fused-ring (bicyclic) bond motifs is 1. The highest BCUT2D eigenvalue weighted by atomic mass is 16.5. The molecule has 0 radical (unpaired) electrons. The van der Waals surface area contributed by atoms with Gasteiger partial charge >= 0.3 is 0 Å². The fraction of sp³-hybridized carbons (Fsp3) is 0.368. The van der Waals surface area contributed by atoms with Crippen LogP contribution in [0.2, 0.25) is 0 Å². The van der Waals surface area contributed by atoms with E-state index in [0.717, 1.165) is 22.2 Å². The van der Waals surface area contributed by atoms with Crippen LogP contribution < -0.4 is 5.32 Å². The Kier molecular flexibility index (Phi) is 4.05. The first-order valence-corrected chi connectivity index (χ1v) is 8.44. The van der Waals surface area contributed by atoms with Crippen molar-refractivity contribution in [3.05, 3.63) is 53.6 Å². The Bertz CT molecular complexity index is 890. The molecule has 130 valence electrons. The number of nitrogens with zero attached hydrogens (tertiary/aromatic N) is 1. The molecule has 0 spiro atoms. The second kappa shape index (κ2) is 6.37. The van der Waals surface area contributed by atoms with E-state index in [1.807, 2.05) is 37.3 Å². The summed E-state index contributed by atoms with van der Waals surface area (Å²) in [5.41, 5.74) is 1.90. The average molecular weight is 340 g/mol. The maximum atomic E-state index is 13.1. The lowest BCUT2D eigenvalue weighted by atomic mass is 9.77. The molecule has 0 bridgehead atoms. The summed E-state index contributed by atoms with van der Waals surface area (Å²) in [7, 11) is 0. The third kappa shape index (κ3) is 2.82. The van der Waals surface area contributed by atoms with E-state index < -0.39 is 5.41 Å². The van der Waals surface area contributed by atoms with Crippen LogP contribution in [0.1, 0.15) is 29.9 Å². The molecule has 25 heavy (non-hydrogen) atoms. The van der Waals surface area contributed by atoms with Crippen molar-refractivity contribution in [3.8, 4) is 0 Å². The molecule has 1 saturated heterocycles. The third-order valence-electron chi connectivity index (χ3n) is 4.91. The van der Waals surface area contributed by atoms with Crippen molar-refractivity contribution in [1.82, 2.24) is 10.5 Å². The van der Waals surface area contributed by atoms with Crippen LogP contribution in [-0.4, -0.2) is 24.3 Å². The van der Waals surface area contributed by atoms with Gasteiger partial charge in [0, 0.05) is 31.2 Å². The summed E-state index contributed by atoms with van der Waals surface area (Å²) in [6, 6.07) is 9.60. The molecular weight excluding hydrogens is 320 g/mol. The van der Waals surface area contributed by atoms with E-state index in [9.17, 15) is 4.79 Å². The highest BCUT2D eigenvalue weighted by molar-refractivity contribution is 5.88. The van der Waals surface area contributed by atoms with Gasteiger partial charge in [-0.1, -0.05) is 17.3 Å². The number of aryl methyl sites for hydroxylation is 1. The molecule has 1 amide bonds. The Morgan fingerprint density at radius 3 is 2.88 bits per heavy atom. The molecule has 3 aromatic rings. The molecule has 6 nitrogen and oxygen atoms in total. The second-order valence-electron chi connectivity index (χ2n) is 6.46. The minimum Gasteiger partial charge on any atom is -0.464 e. The van der Waals surface area contributed by atoms with Gasteiger partial charge in [-0.15, -0.1) is 0 Å². The van der Waals surface area contributed by atoms with Crippen molar-refractivity contribution < 1.29 is 18.5 Å². The number of hydrogen-bond acceptors (Lipinski definition) is 5. The number of carbonyl (C=O) groups is 1. The third-order valence-corrected chi connectivity index (χ3v) is 4.91. The zero-order valence-corrected chi connectivity index (χ0v) is 14.1. The van der Waals surface area contributed by atoms with Gasteiger partial charge in [-0.25, -0.2) is 0 Å². The van der Waals surface area contributed by atoms with Gasteiger partial charge in [-0.2, -0.15) is 0 Å². The van der Waals surface area contributed by atoms with Gasteiger partial charge in [0.05, 0.1) is 12.0 Å². The van der Waals surface area contributed by atoms with Gasteiger partial charge < -0.3 is 19.0 Å². The lowest BCUT2D eigenvalue weighted by molar-refractivity contribution is -0.131. The standard InChI is InChI=1S/C19H20N2O4/c1-13-11-17(25-21-13)19(6-9-23-10-7-19)18(22)20-12-14-3-2-4-16-15(14)5-8-24-16/h2-5,8,11H,6-7,9-10,12H2,1H3,(H,20,22). The normalized spacial score (nSPS) is 16.8. The maximum absolute atomic E-state index is 13.1. The molecule has 0 unspecified atom stereocenters. The predicted octanol–water partition coefficient (Wildman–Crippen LogP) is 3.09. The number of nitrogens with one attached hydrogen (secondary N) is 1. The second-order valence-corrected chi connectivity index (χ2v) is 6.46. The first kappa shape index (κ1) is 15.9. The molecule has 0 saturated carbocycles. The number of carbonyl (C=O) groups excluding carboxylic acids is 1. The van der Waals surface area contributed by atoms with Crippen LogP contribution >= 0.6 is 0 Å². The smallest absolute Gasteiger partial charge is 0.234 e. The highest BCUT2D eigenvalue weighted by Gasteiger charge is 2.45. The summed E-state index contributed by atoms with van der Waals surface area (Å²) in [4.78, 5) is 13.1. The molecule has 1 aliphatic heterocycles. The summed E-state index contributed by atoms with van der Waals surface area (Å²) < 4.78 is 16.3. The number of benzene rings is 1. The van der Waals surface area contributed by atoms with Gasteiger partial charge in [-0.3, -0.25) is 4.79 Å². The predicted molar refractivity (Wildman–Crippen MR) is 91.0 cm³/mol. The van der Waals surface area contributed by atoms with Crippen LogP contribution in [0.25, 0.3) is 11.0 Å². The number of aromatic nitrogens is 1. The van der Waals surface area contributed by atoms with Crippen molar-refractivity contribution in [1.29, 1.82) is 0 Å². The monoisotopic (exact) mass is 340 g/mol. The SMILES string of the molecule is Cc1cc(C2(C(=O)NCc3cccc4occc34)CCOCC2)on1. The molecule has 1 fully saturated rings. The molecule has 1 aliphatic rings. The van der Waals surface area contributed by atoms with E-state index in [2.05, 4.69) is 10.5 Å². The summed E-state index contributed by atoms with van der Waals surface area (Å²) in [5, 5.41) is 8.05. The van der Waals surface area contributed by atoms with Gasteiger partial charge in [0.25, 0.3) is 0 Å². The van der Waals surface area contributed by atoms with Gasteiger partial charge in [-0.05, 0) is 37.5 Å². The lowest BCUT2D eigenvalue weighted by Crippen LogP contribution is -2.47. The van der Waals surface area contributed by atoms with Crippen molar-refractivity contribution in [2.24, 2.45) is 0 Å². The van der Waals surface area contributed by atoms with Crippen LogP contribution in [0.5, 0.6) is 0 Å². The Labute approximate surface area is 145 Å². The average Bonchev–Trinajstić information content (AvgIpc) is 3.29. The van der Waals surface area contributed by atoms with Crippen molar-refractivity contribution >= 4 is 16.9 Å². The molecule has 0 aliphatic carbocycles. The maximum Gasteiger partial charge on any atom is 0.234 e. The zero-order valence-electron chi connectivity index (χ0n) is 14.1. The molecule has 6 heteroatoms. The van der Waals surface area contributed by atoms with E-state index in [0.29, 0.717) is 38.4 Å². The lowest BCUT2D eigenvalue weighted by Gasteiger charge is -2.33. The van der Waals surface area contributed by atoms with Crippen LogP contribution in [0.4, 0.5) is 0 Å². The molecule has 1 N–H and O–H groups in total. The Morgan fingerprint density at radius 1 is 1.28 bits per heavy atom. The Morgan fingerprint density at radius 2 is 2.12 bits per heavy atom. The first-order valence-electron chi connectivity index (χ1n) is 8.44.